The molecule has 1 amide bonds. The van der Waals surface area contributed by atoms with Crippen molar-refractivity contribution < 1.29 is 4.79 Å². The molecular formula is C14H17N3O. The van der Waals surface area contributed by atoms with Crippen LogP contribution in [0.4, 0.5) is 5.69 Å². The number of carbonyl (C=O) groups excluding carboxylic acids is 1. The van der Waals surface area contributed by atoms with Gasteiger partial charge in [0.05, 0.1) is 0 Å². The average Bonchev–Trinajstić information content (AvgIpc) is 2.90. The van der Waals surface area contributed by atoms with E-state index in [9.17, 15) is 4.79 Å². The average molecular weight is 243 g/mol. The van der Waals surface area contributed by atoms with Gasteiger partial charge in [0.2, 0.25) is 0 Å². The summed E-state index contributed by atoms with van der Waals surface area (Å²) in [6.07, 6.45) is 3.85. The van der Waals surface area contributed by atoms with E-state index in [2.05, 4.69) is 15.6 Å². The number of H-pyrrole nitrogens is 1. The highest BCUT2D eigenvalue weighted by molar-refractivity contribution is 5.94. The predicted octanol–water partition coefficient (Wildman–Crippen LogP) is 2.38. The molecule has 2 aromatic rings. The zero-order valence-corrected chi connectivity index (χ0v) is 10.4. The Hall–Kier alpha value is -2.23. The molecule has 0 aliphatic rings. The number of hydrogen-bond acceptors (Lipinski definition) is 2. The van der Waals surface area contributed by atoms with Crippen molar-refractivity contribution in [2.24, 2.45) is 0 Å². The van der Waals surface area contributed by atoms with Crippen LogP contribution in [0, 0.1) is 0 Å². The van der Waals surface area contributed by atoms with Crippen LogP contribution in [0.25, 0.3) is 0 Å². The van der Waals surface area contributed by atoms with Crippen LogP contribution < -0.4 is 10.6 Å². The topological polar surface area (TPSA) is 56.9 Å². The Morgan fingerprint density at radius 1 is 1.22 bits per heavy atom. The zero-order valence-electron chi connectivity index (χ0n) is 10.4. The van der Waals surface area contributed by atoms with Gasteiger partial charge < -0.3 is 15.6 Å². The van der Waals surface area contributed by atoms with Gasteiger partial charge in [0.15, 0.2) is 0 Å². The van der Waals surface area contributed by atoms with Gasteiger partial charge in [-0.1, -0.05) is 0 Å². The largest absolute Gasteiger partial charge is 0.381 e. The predicted molar refractivity (Wildman–Crippen MR) is 72.6 cm³/mol. The molecule has 0 spiro atoms. The highest BCUT2D eigenvalue weighted by Gasteiger charge is 2.03. The summed E-state index contributed by atoms with van der Waals surface area (Å²) >= 11 is 0. The van der Waals surface area contributed by atoms with Crippen LogP contribution in [0.5, 0.6) is 0 Å². The molecule has 0 saturated carbocycles. The third-order valence-electron chi connectivity index (χ3n) is 2.64. The summed E-state index contributed by atoms with van der Waals surface area (Å²) in [6, 6.07) is 9.50. The number of aromatic nitrogens is 1. The van der Waals surface area contributed by atoms with Crippen molar-refractivity contribution in [3.05, 3.63) is 53.9 Å². The number of nitrogens with one attached hydrogen (secondary N) is 3. The number of rotatable bonds is 5. The summed E-state index contributed by atoms with van der Waals surface area (Å²) in [5, 5.41) is 6.07. The van der Waals surface area contributed by atoms with Gasteiger partial charge in [0, 0.05) is 36.7 Å². The molecule has 4 heteroatoms. The molecule has 1 aromatic carbocycles. The van der Waals surface area contributed by atoms with Gasteiger partial charge in [-0.3, -0.25) is 4.79 Å². The number of benzene rings is 1. The van der Waals surface area contributed by atoms with E-state index in [1.165, 1.54) is 5.56 Å². The summed E-state index contributed by atoms with van der Waals surface area (Å²) in [6.45, 7) is 3.32. The highest BCUT2D eigenvalue weighted by Crippen LogP contribution is 2.11. The lowest BCUT2D eigenvalue weighted by molar-refractivity contribution is 0.0956. The molecular weight excluding hydrogens is 226 g/mol. The van der Waals surface area contributed by atoms with E-state index in [4.69, 9.17) is 0 Å². The molecule has 18 heavy (non-hydrogen) atoms. The van der Waals surface area contributed by atoms with Gasteiger partial charge in [-0.05, 0) is 42.8 Å². The van der Waals surface area contributed by atoms with Gasteiger partial charge >= 0.3 is 0 Å². The minimum atomic E-state index is -0.0327. The number of carbonyl (C=O) groups is 1. The minimum absolute atomic E-state index is 0.0327. The van der Waals surface area contributed by atoms with Gasteiger partial charge in [0.1, 0.15) is 0 Å². The fourth-order valence-corrected chi connectivity index (χ4v) is 1.67. The third kappa shape index (κ3) is 3.13. The zero-order chi connectivity index (χ0) is 12.8. The van der Waals surface area contributed by atoms with Crippen molar-refractivity contribution in [3.8, 4) is 0 Å². The lowest BCUT2D eigenvalue weighted by Gasteiger charge is -2.06. The normalized spacial score (nSPS) is 10.1. The van der Waals surface area contributed by atoms with Gasteiger partial charge in [-0.25, -0.2) is 0 Å². The monoisotopic (exact) mass is 243 g/mol. The fraction of sp³-hybridized carbons (Fsp3) is 0.214. The molecule has 1 aromatic heterocycles. The maximum absolute atomic E-state index is 11.6. The quantitative estimate of drug-likeness (QED) is 0.755. The number of hydrogen-bond donors (Lipinski definition) is 3. The summed E-state index contributed by atoms with van der Waals surface area (Å²) < 4.78 is 0. The lowest BCUT2D eigenvalue weighted by Crippen LogP contribution is -2.22. The lowest BCUT2D eigenvalue weighted by atomic mass is 10.2. The summed E-state index contributed by atoms with van der Waals surface area (Å²) in [5.41, 5.74) is 2.89. The van der Waals surface area contributed by atoms with Crippen molar-refractivity contribution in [2.45, 2.75) is 13.5 Å². The second kappa shape index (κ2) is 5.91. The standard InChI is InChI=1S/C14H17N3O/c1-2-16-14(18)12-3-5-13(6-4-12)17-10-11-7-8-15-9-11/h3-9,15,17H,2,10H2,1H3,(H,16,18). The second-order valence-corrected chi connectivity index (χ2v) is 4.01. The molecule has 0 atom stereocenters. The van der Waals surface area contributed by atoms with Crippen LogP contribution in [0.3, 0.4) is 0 Å². The van der Waals surface area contributed by atoms with E-state index < -0.39 is 0 Å². The van der Waals surface area contributed by atoms with Crippen LogP contribution in [0.1, 0.15) is 22.8 Å². The molecule has 94 valence electrons. The highest BCUT2D eigenvalue weighted by atomic mass is 16.1. The number of aromatic amines is 1. The Kier molecular flexibility index (Phi) is 4.02. The first-order chi connectivity index (χ1) is 8.79. The first-order valence-corrected chi connectivity index (χ1v) is 6.03. The van der Waals surface area contributed by atoms with E-state index >= 15 is 0 Å². The number of amides is 1. The van der Waals surface area contributed by atoms with Crippen LogP contribution in [0.2, 0.25) is 0 Å². The summed E-state index contributed by atoms with van der Waals surface area (Å²) in [7, 11) is 0. The van der Waals surface area contributed by atoms with Crippen molar-refractivity contribution in [1.29, 1.82) is 0 Å². The Morgan fingerprint density at radius 2 is 2.00 bits per heavy atom. The van der Waals surface area contributed by atoms with Crippen LogP contribution >= 0.6 is 0 Å². The van der Waals surface area contributed by atoms with Crippen LogP contribution in [0.15, 0.2) is 42.7 Å². The molecule has 2 rings (SSSR count). The second-order valence-electron chi connectivity index (χ2n) is 4.01. The Balaban J connectivity index is 1.93. The van der Waals surface area contributed by atoms with Crippen LogP contribution in [-0.2, 0) is 6.54 Å². The maximum atomic E-state index is 11.6. The first-order valence-electron chi connectivity index (χ1n) is 6.03. The minimum Gasteiger partial charge on any atom is -0.381 e. The molecule has 0 aliphatic heterocycles. The molecule has 0 unspecified atom stereocenters. The molecule has 0 aliphatic carbocycles. The molecule has 4 nitrogen and oxygen atoms in total. The van der Waals surface area contributed by atoms with E-state index in [0.717, 1.165) is 12.2 Å². The van der Waals surface area contributed by atoms with Gasteiger partial charge in [-0.2, -0.15) is 0 Å². The Bertz CT molecular complexity index is 488. The summed E-state index contributed by atoms with van der Waals surface area (Å²) in [4.78, 5) is 14.6. The number of anilines is 1. The molecule has 0 bridgehead atoms. The van der Waals surface area contributed by atoms with Crippen molar-refractivity contribution in [2.75, 3.05) is 11.9 Å². The van der Waals surface area contributed by atoms with Gasteiger partial charge in [-0.15, -0.1) is 0 Å². The maximum Gasteiger partial charge on any atom is 0.251 e. The van der Waals surface area contributed by atoms with Crippen molar-refractivity contribution >= 4 is 11.6 Å². The Morgan fingerprint density at radius 3 is 2.61 bits per heavy atom. The van der Waals surface area contributed by atoms with Crippen molar-refractivity contribution in [1.82, 2.24) is 10.3 Å². The van der Waals surface area contributed by atoms with E-state index in [0.29, 0.717) is 12.1 Å². The smallest absolute Gasteiger partial charge is 0.251 e. The Labute approximate surface area is 106 Å². The van der Waals surface area contributed by atoms with Crippen molar-refractivity contribution in [3.63, 3.8) is 0 Å². The van der Waals surface area contributed by atoms with E-state index in [-0.39, 0.29) is 5.91 Å². The van der Waals surface area contributed by atoms with Gasteiger partial charge in [0.25, 0.3) is 5.91 Å². The molecule has 0 radical (unpaired) electrons. The van der Waals surface area contributed by atoms with Crippen LogP contribution in [-0.4, -0.2) is 17.4 Å². The SMILES string of the molecule is CCNC(=O)c1ccc(NCc2cc[nH]c2)cc1. The molecule has 1 heterocycles. The molecule has 0 saturated heterocycles. The summed E-state index contributed by atoms with van der Waals surface area (Å²) in [5.74, 6) is -0.0327. The third-order valence-corrected chi connectivity index (χ3v) is 2.64. The van der Waals surface area contributed by atoms with E-state index in [1.54, 1.807) is 0 Å². The fourth-order valence-electron chi connectivity index (χ4n) is 1.67. The molecule has 0 fully saturated rings. The first kappa shape index (κ1) is 12.2. The van der Waals surface area contributed by atoms with E-state index in [1.807, 2.05) is 49.6 Å². The molecule has 3 N–H and O–H groups in total.